The summed E-state index contributed by atoms with van der Waals surface area (Å²) in [7, 11) is 0. The van der Waals surface area contributed by atoms with E-state index >= 15 is 0 Å². The zero-order valence-corrected chi connectivity index (χ0v) is 10.9. The maximum absolute atomic E-state index is 4.31. The van der Waals surface area contributed by atoms with E-state index in [4.69, 9.17) is 0 Å². The van der Waals surface area contributed by atoms with Gasteiger partial charge in [-0.3, -0.25) is 9.97 Å². The van der Waals surface area contributed by atoms with Gasteiger partial charge in [-0.1, -0.05) is 31.2 Å². The van der Waals surface area contributed by atoms with Gasteiger partial charge < -0.3 is 5.32 Å². The van der Waals surface area contributed by atoms with Crippen molar-refractivity contribution in [2.45, 2.75) is 32.9 Å². The molecule has 1 aromatic carbocycles. The SMILES string of the molecule is CCc1ccccc1CNC(C)c1cnccn1. The maximum Gasteiger partial charge on any atom is 0.0753 e. The predicted molar refractivity (Wildman–Crippen MR) is 73.1 cm³/mol. The zero-order valence-electron chi connectivity index (χ0n) is 10.9. The van der Waals surface area contributed by atoms with Gasteiger partial charge >= 0.3 is 0 Å². The van der Waals surface area contributed by atoms with Crippen molar-refractivity contribution < 1.29 is 0 Å². The summed E-state index contributed by atoms with van der Waals surface area (Å²) in [6.45, 7) is 5.16. The Bertz CT molecular complexity index is 482. The molecule has 1 atom stereocenters. The molecule has 1 heterocycles. The molecule has 1 aromatic heterocycles. The number of hydrogen-bond donors (Lipinski definition) is 1. The molecule has 1 unspecified atom stereocenters. The summed E-state index contributed by atoms with van der Waals surface area (Å²) >= 11 is 0. The number of benzene rings is 1. The van der Waals surface area contributed by atoms with Gasteiger partial charge in [-0.05, 0) is 24.5 Å². The monoisotopic (exact) mass is 241 g/mol. The Hall–Kier alpha value is -1.74. The standard InChI is InChI=1S/C15H19N3/c1-3-13-6-4-5-7-14(13)10-18-12(2)15-11-16-8-9-17-15/h4-9,11-12,18H,3,10H2,1-2H3. The summed E-state index contributed by atoms with van der Waals surface area (Å²) in [5.74, 6) is 0. The lowest BCUT2D eigenvalue weighted by atomic mass is 10.1. The molecule has 2 aromatic rings. The first-order chi connectivity index (χ1) is 8.81. The van der Waals surface area contributed by atoms with E-state index in [0.717, 1.165) is 18.7 Å². The van der Waals surface area contributed by atoms with E-state index in [1.54, 1.807) is 12.4 Å². The highest BCUT2D eigenvalue weighted by Gasteiger charge is 2.07. The van der Waals surface area contributed by atoms with Crippen molar-refractivity contribution in [1.82, 2.24) is 15.3 Å². The largest absolute Gasteiger partial charge is 0.305 e. The average molecular weight is 241 g/mol. The Morgan fingerprint density at radius 2 is 1.94 bits per heavy atom. The minimum absolute atomic E-state index is 0.212. The molecule has 0 fully saturated rings. The van der Waals surface area contributed by atoms with Gasteiger partial charge in [0.25, 0.3) is 0 Å². The number of hydrogen-bond acceptors (Lipinski definition) is 3. The van der Waals surface area contributed by atoms with Gasteiger partial charge in [-0.15, -0.1) is 0 Å². The molecule has 18 heavy (non-hydrogen) atoms. The molecular formula is C15H19N3. The second-order valence-corrected chi connectivity index (χ2v) is 4.36. The fourth-order valence-electron chi connectivity index (χ4n) is 1.98. The normalized spacial score (nSPS) is 12.3. The van der Waals surface area contributed by atoms with Crippen LogP contribution in [0, 0.1) is 0 Å². The Labute approximate surface area is 108 Å². The highest BCUT2D eigenvalue weighted by molar-refractivity contribution is 5.27. The first-order valence-electron chi connectivity index (χ1n) is 6.37. The molecule has 0 spiro atoms. The van der Waals surface area contributed by atoms with Crippen LogP contribution in [0.15, 0.2) is 42.9 Å². The highest BCUT2D eigenvalue weighted by atomic mass is 14.9. The van der Waals surface area contributed by atoms with Crippen molar-refractivity contribution in [1.29, 1.82) is 0 Å². The van der Waals surface area contributed by atoms with E-state index in [-0.39, 0.29) is 6.04 Å². The average Bonchev–Trinajstić information content (AvgIpc) is 2.46. The first-order valence-corrected chi connectivity index (χ1v) is 6.37. The van der Waals surface area contributed by atoms with Gasteiger partial charge in [-0.25, -0.2) is 0 Å². The summed E-state index contributed by atoms with van der Waals surface area (Å²) in [4.78, 5) is 8.40. The van der Waals surface area contributed by atoms with Crippen LogP contribution < -0.4 is 5.32 Å². The van der Waals surface area contributed by atoms with Crippen molar-refractivity contribution in [3.8, 4) is 0 Å². The number of aryl methyl sites for hydroxylation is 1. The Morgan fingerprint density at radius 3 is 2.61 bits per heavy atom. The van der Waals surface area contributed by atoms with Gasteiger partial charge in [0.1, 0.15) is 0 Å². The fourth-order valence-corrected chi connectivity index (χ4v) is 1.98. The molecule has 1 N–H and O–H groups in total. The van der Waals surface area contributed by atoms with Crippen molar-refractivity contribution in [2.75, 3.05) is 0 Å². The lowest BCUT2D eigenvalue weighted by Crippen LogP contribution is -2.19. The maximum atomic E-state index is 4.31. The van der Waals surface area contributed by atoms with Crippen LogP contribution in [0.4, 0.5) is 0 Å². The van der Waals surface area contributed by atoms with E-state index in [1.165, 1.54) is 11.1 Å². The van der Waals surface area contributed by atoms with Crippen LogP contribution in [0.3, 0.4) is 0 Å². The second-order valence-electron chi connectivity index (χ2n) is 4.36. The van der Waals surface area contributed by atoms with Gasteiger partial charge in [-0.2, -0.15) is 0 Å². The van der Waals surface area contributed by atoms with Gasteiger partial charge in [0.15, 0.2) is 0 Å². The lowest BCUT2D eigenvalue weighted by Gasteiger charge is -2.14. The minimum Gasteiger partial charge on any atom is -0.305 e. The van der Waals surface area contributed by atoms with Gasteiger partial charge in [0.05, 0.1) is 5.69 Å². The third kappa shape index (κ3) is 3.14. The van der Waals surface area contributed by atoms with E-state index < -0.39 is 0 Å². The van der Waals surface area contributed by atoms with Crippen LogP contribution in [0.5, 0.6) is 0 Å². The lowest BCUT2D eigenvalue weighted by molar-refractivity contribution is 0.557. The number of rotatable bonds is 5. The molecule has 3 heteroatoms. The van der Waals surface area contributed by atoms with E-state index in [0.29, 0.717) is 0 Å². The molecule has 0 aliphatic carbocycles. The Balaban J connectivity index is 1.99. The van der Waals surface area contributed by atoms with Crippen LogP contribution in [-0.2, 0) is 13.0 Å². The van der Waals surface area contributed by atoms with Crippen LogP contribution in [-0.4, -0.2) is 9.97 Å². The van der Waals surface area contributed by atoms with Gasteiger partial charge in [0.2, 0.25) is 0 Å². The van der Waals surface area contributed by atoms with Crippen LogP contribution in [0.2, 0.25) is 0 Å². The molecule has 3 nitrogen and oxygen atoms in total. The number of nitrogens with zero attached hydrogens (tertiary/aromatic N) is 2. The molecule has 0 radical (unpaired) electrons. The second kappa shape index (κ2) is 6.26. The van der Waals surface area contributed by atoms with Crippen molar-refractivity contribution in [3.63, 3.8) is 0 Å². The first kappa shape index (κ1) is 12.7. The summed E-state index contributed by atoms with van der Waals surface area (Å²) in [6.07, 6.45) is 6.30. The zero-order chi connectivity index (χ0) is 12.8. The van der Waals surface area contributed by atoms with Crippen LogP contribution in [0.25, 0.3) is 0 Å². The van der Waals surface area contributed by atoms with Gasteiger partial charge in [0, 0.05) is 31.2 Å². The molecule has 2 rings (SSSR count). The predicted octanol–water partition coefficient (Wildman–Crippen LogP) is 2.89. The molecule has 0 saturated carbocycles. The Morgan fingerprint density at radius 1 is 1.17 bits per heavy atom. The van der Waals surface area contributed by atoms with E-state index in [2.05, 4.69) is 53.4 Å². The Kier molecular flexibility index (Phi) is 4.42. The third-order valence-corrected chi connectivity index (χ3v) is 3.12. The van der Waals surface area contributed by atoms with Crippen LogP contribution in [0.1, 0.15) is 36.7 Å². The molecule has 0 amide bonds. The molecular weight excluding hydrogens is 222 g/mol. The van der Waals surface area contributed by atoms with Crippen LogP contribution >= 0.6 is 0 Å². The van der Waals surface area contributed by atoms with Crippen molar-refractivity contribution >= 4 is 0 Å². The third-order valence-electron chi connectivity index (χ3n) is 3.12. The van der Waals surface area contributed by atoms with Crippen molar-refractivity contribution in [2.24, 2.45) is 0 Å². The minimum atomic E-state index is 0.212. The van der Waals surface area contributed by atoms with E-state index in [1.807, 2.05) is 6.20 Å². The quantitative estimate of drug-likeness (QED) is 0.874. The topological polar surface area (TPSA) is 37.8 Å². The molecule has 0 aliphatic rings. The highest BCUT2D eigenvalue weighted by Crippen LogP contribution is 2.12. The summed E-state index contributed by atoms with van der Waals surface area (Å²) in [5, 5.41) is 3.49. The molecule has 94 valence electrons. The number of aromatic nitrogens is 2. The fraction of sp³-hybridized carbons (Fsp3) is 0.333. The van der Waals surface area contributed by atoms with E-state index in [9.17, 15) is 0 Å². The number of nitrogens with one attached hydrogen (secondary N) is 1. The molecule has 0 aliphatic heterocycles. The summed E-state index contributed by atoms with van der Waals surface area (Å²) < 4.78 is 0. The molecule has 0 saturated heterocycles. The summed E-state index contributed by atoms with van der Waals surface area (Å²) in [5.41, 5.74) is 3.73. The molecule has 0 bridgehead atoms. The van der Waals surface area contributed by atoms with Crippen molar-refractivity contribution in [3.05, 3.63) is 59.7 Å². The smallest absolute Gasteiger partial charge is 0.0753 e. The summed E-state index contributed by atoms with van der Waals surface area (Å²) in [6, 6.07) is 8.75.